The number of esters is 1. The summed E-state index contributed by atoms with van der Waals surface area (Å²) in [5.74, 6) is -0.323. The molecule has 24 heavy (non-hydrogen) atoms. The zero-order chi connectivity index (χ0) is 17.9. The highest BCUT2D eigenvalue weighted by Crippen LogP contribution is 2.24. The van der Waals surface area contributed by atoms with Gasteiger partial charge in [0.1, 0.15) is 6.61 Å². The predicted octanol–water partition coefficient (Wildman–Crippen LogP) is 2.33. The van der Waals surface area contributed by atoms with Crippen LogP contribution in [0.15, 0.2) is 6.07 Å². The largest absolute Gasteiger partial charge is 0.463 e. The van der Waals surface area contributed by atoms with Gasteiger partial charge in [-0.3, -0.25) is 14.3 Å². The Morgan fingerprint density at radius 3 is 2.62 bits per heavy atom. The minimum Gasteiger partial charge on any atom is -0.463 e. The SMILES string of the molecule is Cc1cc(C)n(CCOC(=O)[C@H]2CCCN(C(=O)C(C)(C)C)C2)n1. The summed E-state index contributed by atoms with van der Waals surface area (Å²) in [7, 11) is 0. The summed E-state index contributed by atoms with van der Waals surface area (Å²) in [4.78, 5) is 26.5. The number of carbonyl (C=O) groups is 2. The van der Waals surface area contributed by atoms with Crippen molar-refractivity contribution < 1.29 is 14.3 Å². The number of piperidine rings is 1. The Bertz CT molecular complexity index is 601. The third-order valence-corrected chi connectivity index (χ3v) is 4.33. The lowest BCUT2D eigenvalue weighted by Gasteiger charge is -2.35. The maximum atomic E-state index is 12.4. The lowest BCUT2D eigenvalue weighted by atomic mass is 9.91. The number of nitrogens with zero attached hydrogens (tertiary/aromatic N) is 3. The van der Waals surface area contributed by atoms with E-state index in [1.807, 2.05) is 45.4 Å². The Morgan fingerprint density at radius 2 is 2.04 bits per heavy atom. The van der Waals surface area contributed by atoms with Crippen LogP contribution in [-0.4, -0.2) is 46.3 Å². The van der Waals surface area contributed by atoms with Crippen LogP contribution in [0.5, 0.6) is 0 Å². The molecule has 1 aromatic heterocycles. The van der Waals surface area contributed by atoms with E-state index in [-0.39, 0.29) is 17.8 Å². The number of hydrogen-bond acceptors (Lipinski definition) is 4. The van der Waals surface area contributed by atoms with Crippen LogP contribution in [0.2, 0.25) is 0 Å². The number of carbonyl (C=O) groups excluding carboxylic acids is 2. The molecule has 0 bridgehead atoms. The number of aromatic nitrogens is 2. The summed E-state index contributed by atoms with van der Waals surface area (Å²) < 4.78 is 7.27. The molecule has 1 aromatic rings. The number of aryl methyl sites for hydroxylation is 2. The minimum atomic E-state index is -0.415. The second kappa shape index (κ2) is 7.36. The molecule has 6 heteroatoms. The van der Waals surface area contributed by atoms with Crippen molar-refractivity contribution in [2.45, 2.75) is 54.0 Å². The van der Waals surface area contributed by atoms with Gasteiger partial charge >= 0.3 is 5.97 Å². The molecule has 1 atom stereocenters. The Balaban J connectivity index is 1.83. The van der Waals surface area contributed by atoms with E-state index < -0.39 is 5.41 Å². The minimum absolute atomic E-state index is 0.0997. The summed E-state index contributed by atoms with van der Waals surface area (Å²) >= 11 is 0. The van der Waals surface area contributed by atoms with Crippen LogP contribution in [-0.2, 0) is 20.9 Å². The van der Waals surface area contributed by atoms with E-state index in [9.17, 15) is 9.59 Å². The van der Waals surface area contributed by atoms with Crippen molar-refractivity contribution in [1.29, 1.82) is 0 Å². The maximum Gasteiger partial charge on any atom is 0.310 e. The standard InChI is InChI=1S/C18H29N3O3/c1-13-11-14(2)21(19-13)9-10-24-16(22)15-7-6-8-20(12-15)17(23)18(3,4)5/h11,15H,6-10,12H2,1-5H3/t15-/m0/s1. The van der Waals surface area contributed by atoms with Gasteiger partial charge in [-0.1, -0.05) is 20.8 Å². The third kappa shape index (κ3) is 4.58. The van der Waals surface area contributed by atoms with Crippen LogP contribution in [0.3, 0.4) is 0 Å². The smallest absolute Gasteiger partial charge is 0.310 e. The van der Waals surface area contributed by atoms with Crippen molar-refractivity contribution in [3.05, 3.63) is 17.5 Å². The molecule has 0 radical (unpaired) electrons. The molecule has 0 aliphatic carbocycles. The summed E-state index contributed by atoms with van der Waals surface area (Å²) in [6.07, 6.45) is 1.63. The van der Waals surface area contributed by atoms with Crippen molar-refractivity contribution >= 4 is 11.9 Å². The number of amides is 1. The molecule has 134 valence electrons. The van der Waals surface area contributed by atoms with Crippen molar-refractivity contribution in [2.75, 3.05) is 19.7 Å². The number of likely N-dealkylation sites (tertiary alicyclic amines) is 1. The van der Waals surface area contributed by atoms with Crippen LogP contribution >= 0.6 is 0 Å². The van der Waals surface area contributed by atoms with Gasteiger partial charge in [-0.2, -0.15) is 5.10 Å². The highest BCUT2D eigenvalue weighted by molar-refractivity contribution is 5.82. The molecule has 6 nitrogen and oxygen atoms in total. The summed E-state index contributed by atoms with van der Waals surface area (Å²) in [5, 5.41) is 4.35. The zero-order valence-electron chi connectivity index (χ0n) is 15.5. The molecule has 1 fully saturated rings. The van der Waals surface area contributed by atoms with E-state index in [4.69, 9.17) is 4.74 Å². The fraction of sp³-hybridized carbons (Fsp3) is 0.722. The number of ether oxygens (including phenoxy) is 1. The average Bonchev–Trinajstić information content (AvgIpc) is 2.83. The van der Waals surface area contributed by atoms with Gasteiger partial charge in [0.2, 0.25) is 5.91 Å². The third-order valence-electron chi connectivity index (χ3n) is 4.33. The van der Waals surface area contributed by atoms with Crippen LogP contribution in [0.25, 0.3) is 0 Å². The van der Waals surface area contributed by atoms with E-state index in [1.54, 1.807) is 4.90 Å². The molecule has 0 saturated carbocycles. The first kappa shape index (κ1) is 18.5. The van der Waals surface area contributed by atoms with E-state index >= 15 is 0 Å². The Hall–Kier alpha value is -1.85. The summed E-state index contributed by atoms with van der Waals surface area (Å²) in [6.45, 7) is 11.7. The number of rotatable bonds is 4. The van der Waals surface area contributed by atoms with Crippen molar-refractivity contribution in [3.63, 3.8) is 0 Å². The normalized spacial score (nSPS) is 18.5. The van der Waals surface area contributed by atoms with E-state index in [1.165, 1.54) is 0 Å². The molecule has 1 amide bonds. The molecule has 0 spiro atoms. The van der Waals surface area contributed by atoms with Gasteiger partial charge in [0.05, 0.1) is 18.2 Å². The van der Waals surface area contributed by atoms with Crippen LogP contribution in [0.1, 0.15) is 45.0 Å². The second-order valence-electron chi connectivity index (χ2n) is 7.66. The monoisotopic (exact) mass is 335 g/mol. The Kier molecular flexibility index (Phi) is 5.67. The first-order valence-corrected chi connectivity index (χ1v) is 8.65. The van der Waals surface area contributed by atoms with Crippen LogP contribution in [0.4, 0.5) is 0 Å². The summed E-state index contributed by atoms with van der Waals surface area (Å²) in [5.41, 5.74) is 1.60. The molecule has 1 saturated heterocycles. The van der Waals surface area contributed by atoms with Crippen molar-refractivity contribution in [2.24, 2.45) is 11.3 Å². The van der Waals surface area contributed by atoms with E-state index in [0.29, 0.717) is 19.7 Å². The van der Waals surface area contributed by atoms with Gasteiger partial charge in [0, 0.05) is 24.2 Å². The lowest BCUT2D eigenvalue weighted by molar-refractivity contribution is -0.153. The topological polar surface area (TPSA) is 64.4 Å². The van der Waals surface area contributed by atoms with Gasteiger partial charge in [-0.25, -0.2) is 0 Å². The number of hydrogen-bond donors (Lipinski definition) is 0. The summed E-state index contributed by atoms with van der Waals surface area (Å²) in [6, 6.07) is 2.00. The van der Waals surface area contributed by atoms with Crippen LogP contribution < -0.4 is 0 Å². The lowest BCUT2D eigenvalue weighted by Crippen LogP contribution is -2.47. The second-order valence-corrected chi connectivity index (χ2v) is 7.66. The average molecular weight is 335 g/mol. The quantitative estimate of drug-likeness (QED) is 0.792. The zero-order valence-corrected chi connectivity index (χ0v) is 15.5. The molecule has 1 aliphatic heterocycles. The van der Waals surface area contributed by atoms with Gasteiger partial charge in [-0.05, 0) is 32.8 Å². The first-order valence-electron chi connectivity index (χ1n) is 8.65. The molecule has 0 N–H and O–H groups in total. The van der Waals surface area contributed by atoms with Gasteiger partial charge in [-0.15, -0.1) is 0 Å². The van der Waals surface area contributed by atoms with Crippen molar-refractivity contribution in [3.8, 4) is 0 Å². The highest BCUT2D eigenvalue weighted by atomic mass is 16.5. The van der Waals surface area contributed by atoms with Gasteiger partial charge in [0.25, 0.3) is 0 Å². The molecule has 2 heterocycles. The van der Waals surface area contributed by atoms with E-state index in [0.717, 1.165) is 30.8 Å². The predicted molar refractivity (Wildman–Crippen MR) is 91.4 cm³/mol. The van der Waals surface area contributed by atoms with Crippen LogP contribution in [0, 0.1) is 25.2 Å². The highest BCUT2D eigenvalue weighted by Gasteiger charge is 2.33. The molecular weight excluding hydrogens is 306 g/mol. The Morgan fingerprint density at radius 1 is 1.33 bits per heavy atom. The van der Waals surface area contributed by atoms with E-state index in [2.05, 4.69) is 5.10 Å². The maximum absolute atomic E-state index is 12.4. The fourth-order valence-electron chi connectivity index (χ4n) is 3.08. The fourth-order valence-corrected chi connectivity index (χ4v) is 3.08. The molecule has 2 rings (SSSR count). The van der Waals surface area contributed by atoms with Gasteiger partial charge < -0.3 is 9.64 Å². The molecular formula is C18H29N3O3. The molecule has 1 aliphatic rings. The Labute approximate surface area is 144 Å². The molecule has 0 unspecified atom stereocenters. The van der Waals surface area contributed by atoms with Crippen molar-refractivity contribution in [1.82, 2.24) is 14.7 Å². The first-order chi connectivity index (χ1) is 11.2. The van der Waals surface area contributed by atoms with Gasteiger partial charge in [0.15, 0.2) is 0 Å². The molecule has 0 aromatic carbocycles.